The molecule has 0 radical (unpaired) electrons. The zero-order chi connectivity index (χ0) is 25.5. The van der Waals surface area contributed by atoms with Crippen LogP contribution in [0, 0.1) is 0 Å². The lowest BCUT2D eigenvalue weighted by Gasteiger charge is -2.16. The van der Waals surface area contributed by atoms with E-state index in [1.165, 1.54) is 16.9 Å². The van der Waals surface area contributed by atoms with Gasteiger partial charge in [0.25, 0.3) is 0 Å². The molecule has 0 fully saturated rings. The van der Waals surface area contributed by atoms with Crippen molar-refractivity contribution in [2.24, 2.45) is 0 Å². The van der Waals surface area contributed by atoms with Crippen LogP contribution in [0.25, 0.3) is 0 Å². The Morgan fingerprint density at radius 2 is 1.15 bits per heavy atom. The van der Waals surface area contributed by atoms with Gasteiger partial charge in [-0.3, -0.25) is 4.72 Å². The second-order valence-electron chi connectivity index (χ2n) is 6.47. The van der Waals surface area contributed by atoms with E-state index in [-0.39, 0.29) is 12.2 Å². The third-order valence-electron chi connectivity index (χ3n) is 4.15. The highest BCUT2D eigenvalue weighted by molar-refractivity contribution is 7.93. The van der Waals surface area contributed by atoms with Gasteiger partial charge in [0.1, 0.15) is 0 Å². The van der Waals surface area contributed by atoms with E-state index in [1.807, 2.05) is 0 Å². The van der Waals surface area contributed by atoms with Crippen molar-refractivity contribution in [1.82, 2.24) is 4.72 Å². The first-order valence-electron chi connectivity index (χ1n) is 9.35. The average molecular weight is 521 g/mol. The van der Waals surface area contributed by atoms with Crippen molar-refractivity contribution in [2.75, 3.05) is 4.72 Å². The van der Waals surface area contributed by atoms with Crippen molar-refractivity contribution in [1.29, 1.82) is 0 Å². The van der Waals surface area contributed by atoms with Gasteiger partial charge in [-0.15, -0.1) is 0 Å². The SMILES string of the molecule is CCc1cccc(CC)c1NS(=O)(=O)C(F)(F)F.O=S(=O)(NCc1ccccc1)C(F)(F)F. The number of aryl methyl sites for hydroxylation is 2. The Morgan fingerprint density at radius 1 is 0.697 bits per heavy atom. The lowest BCUT2D eigenvalue weighted by molar-refractivity contribution is -0.0450. The number of rotatable bonds is 7. The Morgan fingerprint density at radius 3 is 1.55 bits per heavy atom. The van der Waals surface area contributed by atoms with Crippen LogP contribution in [0.2, 0.25) is 0 Å². The number of alkyl halides is 6. The fourth-order valence-corrected chi connectivity index (χ4v) is 3.59. The van der Waals surface area contributed by atoms with E-state index in [9.17, 15) is 43.2 Å². The maximum absolute atomic E-state index is 12.3. The van der Waals surface area contributed by atoms with Crippen LogP contribution in [-0.2, 0) is 39.4 Å². The third kappa shape index (κ3) is 8.19. The molecule has 0 bridgehead atoms. The maximum atomic E-state index is 12.3. The summed E-state index contributed by atoms with van der Waals surface area (Å²) in [4.78, 5) is 0. The number of halogens is 6. The smallest absolute Gasteiger partial charge is 0.275 e. The van der Waals surface area contributed by atoms with Crippen LogP contribution in [0.4, 0.5) is 32.0 Å². The predicted molar refractivity (Wildman–Crippen MR) is 112 cm³/mol. The van der Waals surface area contributed by atoms with Crippen molar-refractivity contribution in [3.05, 3.63) is 65.2 Å². The second kappa shape index (κ2) is 11.2. The molecule has 2 N–H and O–H groups in total. The summed E-state index contributed by atoms with van der Waals surface area (Å²) in [6.45, 7) is 3.13. The Balaban J connectivity index is 0.000000335. The normalized spacial score (nSPS) is 12.6. The van der Waals surface area contributed by atoms with Gasteiger partial charge in [-0.2, -0.15) is 34.8 Å². The molecule has 6 nitrogen and oxygen atoms in total. The van der Waals surface area contributed by atoms with Crippen LogP contribution in [0.1, 0.15) is 30.5 Å². The fraction of sp³-hybridized carbons (Fsp3) is 0.368. The largest absolute Gasteiger partial charge is 0.516 e. The van der Waals surface area contributed by atoms with Crippen LogP contribution >= 0.6 is 0 Å². The van der Waals surface area contributed by atoms with Gasteiger partial charge in [0.2, 0.25) is 0 Å². The molecular weight excluding hydrogens is 498 g/mol. The number of anilines is 1. The van der Waals surface area contributed by atoms with Gasteiger partial charge in [-0.05, 0) is 29.5 Å². The van der Waals surface area contributed by atoms with Crippen molar-refractivity contribution < 1.29 is 43.2 Å². The highest BCUT2D eigenvalue weighted by Crippen LogP contribution is 2.29. The molecule has 0 amide bonds. The van der Waals surface area contributed by atoms with E-state index in [0.717, 1.165) is 0 Å². The standard InChI is InChI=1S/C11H14F3NO2S.C8H8F3NO2S/c1-3-8-6-5-7-9(4-2)10(8)15-18(16,17)11(12,13)14;9-8(10,11)15(13,14)12-6-7-4-2-1-3-5-7/h5-7,15H,3-4H2,1-2H3;1-5,12H,6H2. The minimum absolute atomic E-state index is 0.0415. The lowest BCUT2D eigenvalue weighted by atomic mass is 10.0. The number of para-hydroxylation sites is 1. The highest BCUT2D eigenvalue weighted by atomic mass is 32.2. The third-order valence-corrected chi connectivity index (χ3v) is 6.37. The van der Waals surface area contributed by atoms with Gasteiger partial charge in [-0.25, -0.2) is 13.1 Å². The zero-order valence-corrected chi connectivity index (χ0v) is 19.1. The van der Waals surface area contributed by atoms with Crippen LogP contribution in [0.5, 0.6) is 0 Å². The number of sulfonamides is 2. The van der Waals surface area contributed by atoms with Gasteiger partial charge in [-0.1, -0.05) is 62.4 Å². The average Bonchev–Trinajstić information content (AvgIpc) is 2.72. The van der Waals surface area contributed by atoms with Crippen LogP contribution in [0.3, 0.4) is 0 Å². The highest BCUT2D eigenvalue weighted by Gasteiger charge is 2.46. The summed E-state index contributed by atoms with van der Waals surface area (Å²) in [5.74, 6) is 0. The second-order valence-corrected chi connectivity index (χ2v) is 9.90. The van der Waals surface area contributed by atoms with Crippen LogP contribution < -0.4 is 9.44 Å². The van der Waals surface area contributed by atoms with Crippen LogP contribution in [0.15, 0.2) is 48.5 Å². The van der Waals surface area contributed by atoms with E-state index in [1.54, 1.807) is 55.0 Å². The molecule has 0 unspecified atom stereocenters. The summed E-state index contributed by atoms with van der Waals surface area (Å²) >= 11 is 0. The molecule has 14 heteroatoms. The minimum Gasteiger partial charge on any atom is -0.275 e. The van der Waals surface area contributed by atoms with Gasteiger partial charge in [0.15, 0.2) is 0 Å². The molecule has 33 heavy (non-hydrogen) atoms. The summed E-state index contributed by atoms with van der Waals surface area (Å²) < 4.78 is 119. The summed E-state index contributed by atoms with van der Waals surface area (Å²) in [6, 6.07) is 12.9. The predicted octanol–water partition coefficient (Wildman–Crippen LogP) is 4.70. The number of benzene rings is 2. The molecule has 186 valence electrons. The fourth-order valence-electron chi connectivity index (χ4n) is 2.42. The summed E-state index contributed by atoms with van der Waals surface area (Å²) in [5, 5.41) is 0. The molecule has 0 heterocycles. The first-order chi connectivity index (χ1) is 15.1. The van der Waals surface area contributed by atoms with E-state index in [4.69, 9.17) is 0 Å². The zero-order valence-electron chi connectivity index (χ0n) is 17.5. The van der Waals surface area contributed by atoms with Gasteiger partial charge < -0.3 is 0 Å². The van der Waals surface area contributed by atoms with Crippen LogP contribution in [-0.4, -0.2) is 27.9 Å². The molecule has 2 aromatic carbocycles. The molecule has 0 atom stereocenters. The molecule has 0 saturated carbocycles. The van der Waals surface area contributed by atoms with E-state index >= 15 is 0 Å². The molecule has 0 aliphatic heterocycles. The van der Waals surface area contributed by atoms with E-state index in [0.29, 0.717) is 29.5 Å². The minimum atomic E-state index is -5.37. The monoisotopic (exact) mass is 520 g/mol. The Hall–Kier alpha value is -2.32. The van der Waals surface area contributed by atoms with Gasteiger partial charge in [0.05, 0.1) is 5.69 Å². The first kappa shape index (κ1) is 28.7. The number of nitrogens with one attached hydrogen (secondary N) is 2. The Bertz CT molecular complexity index is 1090. The van der Waals surface area contributed by atoms with Crippen molar-refractivity contribution in [2.45, 2.75) is 44.3 Å². The lowest BCUT2D eigenvalue weighted by Crippen LogP contribution is -2.35. The molecule has 0 aliphatic carbocycles. The quantitative estimate of drug-likeness (QED) is 0.518. The Kier molecular flexibility index (Phi) is 9.75. The molecular formula is C19H22F6N2O4S2. The molecule has 2 rings (SSSR count). The summed E-state index contributed by atoms with van der Waals surface area (Å²) in [7, 11) is -10.6. The molecule has 0 spiro atoms. The Labute approximate surface area is 188 Å². The molecule has 0 aliphatic rings. The van der Waals surface area contributed by atoms with Gasteiger partial charge in [0, 0.05) is 6.54 Å². The number of hydrogen-bond acceptors (Lipinski definition) is 4. The van der Waals surface area contributed by atoms with Gasteiger partial charge >= 0.3 is 31.1 Å². The number of hydrogen-bond donors (Lipinski definition) is 2. The summed E-state index contributed by atoms with van der Waals surface area (Å²) in [5.41, 5.74) is -8.98. The maximum Gasteiger partial charge on any atom is 0.516 e. The van der Waals surface area contributed by atoms with E-state index in [2.05, 4.69) is 0 Å². The van der Waals surface area contributed by atoms with Crippen molar-refractivity contribution in [3.63, 3.8) is 0 Å². The van der Waals surface area contributed by atoms with Crippen molar-refractivity contribution >= 4 is 25.7 Å². The molecule has 2 aromatic rings. The van der Waals surface area contributed by atoms with E-state index < -0.39 is 31.1 Å². The molecule has 0 saturated heterocycles. The summed E-state index contributed by atoms with van der Waals surface area (Å²) in [6.07, 6.45) is 0.896. The topological polar surface area (TPSA) is 92.3 Å². The van der Waals surface area contributed by atoms with Crippen molar-refractivity contribution in [3.8, 4) is 0 Å². The first-order valence-corrected chi connectivity index (χ1v) is 12.3. The molecule has 0 aromatic heterocycles.